The van der Waals surface area contributed by atoms with Gasteiger partial charge in [-0.05, 0) is 55.2 Å². The van der Waals surface area contributed by atoms with Crippen LogP contribution in [-0.4, -0.2) is 34.5 Å². The predicted molar refractivity (Wildman–Crippen MR) is 100 cm³/mol. The molecule has 0 bridgehead atoms. The molecule has 0 aliphatic rings. The number of aryl methyl sites for hydroxylation is 2. The van der Waals surface area contributed by atoms with Gasteiger partial charge in [-0.3, -0.25) is 9.78 Å². The third-order valence-corrected chi connectivity index (χ3v) is 4.22. The second-order valence-electron chi connectivity index (χ2n) is 6.18. The third kappa shape index (κ3) is 4.49. The summed E-state index contributed by atoms with van der Waals surface area (Å²) in [7, 11) is 1.62. The molecule has 27 heavy (non-hydrogen) atoms. The molecule has 0 radical (unpaired) electrons. The molecule has 140 valence electrons. The van der Waals surface area contributed by atoms with Gasteiger partial charge in [-0.25, -0.2) is 9.37 Å². The Hall–Kier alpha value is -3.22. The SMILES string of the molecule is COc1ccc(-c2nc[nH]c2C(=O)NCCCc2cncc(F)c2)cc1C. The molecule has 2 N–H and O–H groups in total. The van der Waals surface area contributed by atoms with Crippen LogP contribution in [0.15, 0.2) is 43.0 Å². The molecule has 0 atom stereocenters. The van der Waals surface area contributed by atoms with Gasteiger partial charge in [-0.15, -0.1) is 0 Å². The van der Waals surface area contributed by atoms with Gasteiger partial charge in [0, 0.05) is 18.3 Å². The number of nitrogens with zero attached hydrogens (tertiary/aromatic N) is 2. The molecule has 0 saturated heterocycles. The number of aromatic nitrogens is 3. The number of hydrogen-bond acceptors (Lipinski definition) is 4. The highest BCUT2D eigenvalue weighted by Gasteiger charge is 2.16. The number of aromatic amines is 1. The minimum atomic E-state index is -0.353. The summed E-state index contributed by atoms with van der Waals surface area (Å²) < 4.78 is 18.4. The normalized spacial score (nSPS) is 10.6. The molecule has 1 amide bonds. The molecule has 2 heterocycles. The lowest BCUT2D eigenvalue weighted by atomic mass is 10.1. The number of imidazole rings is 1. The van der Waals surface area contributed by atoms with Crippen LogP contribution < -0.4 is 10.1 Å². The van der Waals surface area contributed by atoms with E-state index in [0.717, 1.165) is 22.4 Å². The van der Waals surface area contributed by atoms with Crippen LogP contribution in [0.25, 0.3) is 11.3 Å². The van der Waals surface area contributed by atoms with Crippen molar-refractivity contribution in [2.24, 2.45) is 0 Å². The molecule has 1 aromatic carbocycles. The van der Waals surface area contributed by atoms with Crippen LogP contribution in [0, 0.1) is 12.7 Å². The van der Waals surface area contributed by atoms with Crippen molar-refractivity contribution >= 4 is 5.91 Å². The Balaban J connectivity index is 1.61. The number of pyridine rings is 1. The zero-order valence-corrected chi connectivity index (χ0v) is 15.3. The van der Waals surface area contributed by atoms with E-state index in [0.29, 0.717) is 30.8 Å². The Bertz CT molecular complexity index is 939. The Kier molecular flexibility index (Phi) is 5.80. The Morgan fingerprint density at radius 2 is 2.15 bits per heavy atom. The predicted octanol–water partition coefficient (Wildman–Crippen LogP) is 3.29. The maximum atomic E-state index is 13.1. The first-order chi connectivity index (χ1) is 13.1. The molecule has 0 aliphatic carbocycles. The summed E-state index contributed by atoms with van der Waals surface area (Å²) in [5, 5.41) is 2.87. The number of carbonyl (C=O) groups excluding carboxylic acids is 1. The summed E-state index contributed by atoms with van der Waals surface area (Å²) in [6.07, 6.45) is 5.62. The van der Waals surface area contributed by atoms with Crippen LogP contribution in [-0.2, 0) is 6.42 Å². The van der Waals surface area contributed by atoms with Crippen LogP contribution in [0.3, 0.4) is 0 Å². The number of benzene rings is 1. The van der Waals surface area contributed by atoms with Gasteiger partial charge in [-0.1, -0.05) is 0 Å². The van der Waals surface area contributed by atoms with E-state index < -0.39 is 0 Å². The molecule has 0 saturated carbocycles. The van der Waals surface area contributed by atoms with Crippen molar-refractivity contribution in [2.45, 2.75) is 19.8 Å². The minimum Gasteiger partial charge on any atom is -0.496 e. The van der Waals surface area contributed by atoms with Crippen molar-refractivity contribution in [3.05, 3.63) is 65.6 Å². The highest BCUT2D eigenvalue weighted by molar-refractivity contribution is 5.98. The van der Waals surface area contributed by atoms with Crippen molar-refractivity contribution in [3.63, 3.8) is 0 Å². The molecule has 0 unspecified atom stereocenters. The van der Waals surface area contributed by atoms with E-state index in [9.17, 15) is 9.18 Å². The van der Waals surface area contributed by atoms with Crippen molar-refractivity contribution in [1.82, 2.24) is 20.3 Å². The molecule has 3 rings (SSSR count). The highest BCUT2D eigenvalue weighted by Crippen LogP contribution is 2.26. The zero-order chi connectivity index (χ0) is 19.2. The van der Waals surface area contributed by atoms with Gasteiger partial charge in [0.25, 0.3) is 5.91 Å². The summed E-state index contributed by atoms with van der Waals surface area (Å²) in [6, 6.07) is 7.11. The molecule has 2 aromatic heterocycles. The Morgan fingerprint density at radius 1 is 1.30 bits per heavy atom. The van der Waals surface area contributed by atoms with E-state index in [1.807, 2.05) is 25.1 Å². The van der Waals surface area contributed by atoms with E-state index >= 15 is 0 Å². The van der Waals surface area contributed by atoms with Gasteiger partial charge >= 0.3 is 0 Å². The first kappa shape index (κ1) is 18.6. The van der Waals surface area contributed by atoms with Crippen LogP contribution in [0.4, 0.5) is 4.39 Å². The number of H-pyrrole nitrogens is 1. The largest absolute Gasteiger partial charge is 0.496 e. The molecule has 0 aliphatic heterocycles. The van der Waals surface area contributed by atoms with E-state index in [1.54, 1.807) is 13.3 Å². The topological polar surface area (TPSA) is 79.9 Å². The minimum absolute atomic E-state index is 0.228. The van der Waals surface area contributed by atoms with E-state index in [4.69, 9.17) is 4.74 Å². The summed E-state index contributed by atoms with van der Waals surface area (Å²) in [6.45, 7) is 2.41. The number of ether oxygens (including phenoxy) is 1. The van der Waals surface area contributed by atoms with Gasteiger partial charge in [0.1, 0.15) is 23.0 Å². The quantitative estimate of drug-likeness (QED) is 0.627. The van der Waals surface area contributed by atoms with Gasteiger partial charge in [-0.2, -0.15) is 0 Å². The maximum absolute atomic E-state index is 13.1. The number of rotatable bonds is 7. The van der Waals surface area contributed by atoms with Gasteiger partial charge in [0.15, 0.2) is 0 Å². The van der Waals surface area contributed by atoms with E-state index in [1.165, 1.54) is 18.6 Å². The molecule has 0 spiro atoms. The summed E-state index contributed by atoms with van der Waals surface area (Å²) >= 11 is 0. The molecule has 6 nitrogen and oxygen atoms in total. The summed E-state index contributed by atoms with van der Waals surface area (Å²) in [5.74, 6) is 0.203. The number of halogens is 1. The molecule has 3 aromatic rings. The lowest BCUT2D eigenvalue weighted by Gasteiger charge is -2.08. The number of nitrogens with one attached hydrogen (secondary N) is 2. The van der Waals surface area contributed by atoms with E-state index in [-0.39, 0.29) is 11.7 Å². The first-order valence-electron chi connectivity index (χ1n) is 8.64. The van der Waals surface area contributed by atoms with Crippen molar-refractivity contribution in [3.8, 4) is 17.0 Å². The molecule has 0 fully saturated rings. The van der Waals surface area contributed by atoms with Crippen molar-refractivity contribution in [1.29, 1.82) is 0 Å². The van der Waals surface area contributed by atoms with Gasteiger partial charge in [0.05, 0.1) is 19.6 Å². The average molecular weight is 368 g/mol. The summed E-state index contributed by atoms with van der Waals surface area (Å²) in [5.41, 5.74) is 3.61. The second kappa shape index (κ2) is 8.44. The van der Waals surface area contributed by atoms with Gasteiger partial charge < -0.3 is 15.0 Å². The van der Waals surface area contributed by atoms with Crippen molar-refractivity contribution in [2.75, 3.05) is 13.7 Å². The highest BCUT2D eigenvalue weighted by atomic mass is 19.1. The van der Waals surface area contributed by atoms with Crippen LogP contribution >= 0.6 is 0 Å². The Morgan fingerprint density at radius 3 is 2.89 bits per heavy atom. The van der Waals surface area contributed by atoms with Crippen LogP contribution in [0.1, 0.15) is 28.0 Å². The smallest absolute Gasteiger partial charge is 0.270 e. The first-order valence-corrected chi connectivity index (χ1v) is 8.64. The van der Waals surface area contributed by atoms with Crippen LogP contribution in [0.2, 0.25) is 0 Å². The second-order valence-corrected chi connectivity index (χ2v) is 6.18. The number of carbonyl (C=O) groups is 1. The molecular formula is C20H21FN4O2. The molecule has 7 heteroatoms. The molecular weight excluding hydrogens is 347 g/mol. The Labute approximate surface area is 156 Å². The lowest BCUT2D eigenvalue weighted by molar-refractivity contribution is 0.0949. The third-order valence-electron chi connectivity index (χ3n) is 4.22. The fourth-order valence-corrected chi connectivity index (χ4v) is 2.89. The zero-order valence-electron chi connectivity index (χ0n) is 15.3. The maximum Gasteiger partial charge on any atom is 0.270 e. The number of amides is 1. The monoisotopic (exact) mass is 368 g/mol. The fraction of sp³-hybridized carbons (Fsp3) is 0.250. The van der Waals surface area contributed by atoms with Crippen molar-refractivity contribution < 1.29 is 13.9 Å². The summed E-state index contributed by atoms with van der Waals surface area (Å²) in [4.78, 5) is 23.5. The lowest BCUT2D eigenvalue weighted by Crippen LogP contribution is -2.25. The van der Waals surface area contributed by atoms with Crippen LogP contribution in [0.5, 0.6) is 5.75 Å². The van der Waals surface area contributed by atoms with E-state index in [2.05, 4.69) is 20.3 Å². The average Bonchev–Trinajstić information content (AvgIpc) is 3.15. The standard InChI is InChI=1S/C20H21FN4O2/c1-13-8-15(5-6-17(13)27-2)18-19(25-12-24-18)20(26)23-7-3-4-14-9-16(21)11-22-10-14/h5-6,8-12H,3-4,7H2,1-2H3,(H,23,26)(H,24,25). The number of hydrogen-bond donors (Lipinski definition) is 2. The van der Waals surface area contributed by atoms with Gasteiger partial charge in [0.2, 0.25) is 0 Å². The fourth-order valence-electron chi connectivity index (χ4n) is 2.89. The number of methoxy groups -OCH3 is 1.